The molecule has 0 saturated carbocycles. The third kappa shape index (κ3) is 2.83. The number of fused-ring (bicyclic) bond motifs is 1. The maximum Gasteiger partial charge on any atom is 0.119 e. The molecule has 0 fully saturated rings. The van der Waals surface area contributed by atoms with Crippen molar-refractivity contribution in [2.75, 3.05) is 19.4 Å². The van der Waals surface area contributed by atoms with E-state index < -0.39 is 0 Å². The van der Waals surface area contributed by atoms with Crippen molar-refractivity contribution in [3.8, 4) is 5.75 Å². The zero-order valence-electron chi connectivity index (χ0n) is 11.5. The van der Waals surface area contributed by atoms with Gasteiger partial charge in [-0.3, -0.25) is 0 Å². The predicted molar refractivity (Wildman–Crippen MR) is 79.7 cm³/mol. The highest BCUT2D eigenvalue weighted by molar-refractivity contribution is 7.99. The van der Waals surface area contributed by atoms with Crippen molar-refractivity contribution in [2.24, 2.45) is 0 Å². The molecule has 0 heterocycles. The van der Waals surface area contributed by atoms with Crippen LogP contribution in [0.2, 0.25) is 0 Å². The van der Waals surface area contributed by atoms with Crippen molar-refractivity contribution in [3.05, 3.63) is 29.3 Å². The molecule has 0 spiro atoms. The summed E-state index contributed by atoms with van der Waals surface area (Å²) in [5, 5.41) is 4.37. The highest BCUT2D eigenvalue weighted by Crippen LogP contribution is 2.39. The average molecular weight is 265 g/mol. The molecule has 1 aromatic carbocycles. The lowest BCUT2D eigenvalue weighted by Crippen LogP contribution is -2.27. The second-order valence-electron chi connectivity index (χ2n) is 4.69. The van der Waals surface area contributed by atoms with Gasteiger partial charge in [-0.1, -0.05) is 19.9 Å². The van der Waals surface area contributed by atoms with Gasteiger partial charge in [-0.25, -0.2) is 0 Å². The highest BCUT2D eigenvalue weighted by Gasteiger charge is 2.32. The third-order valence-corrected chi connectivity index (χ3v) is 4.68. The summed E-state index contributed by atoms with van der Waals surface area (Å²) in [7, 11) is 1.74. The molecule has 2 rings (SSSR count). The smallest absolute Gasteiger partial charge is 0.119 e. The van der Waals surface area contributed by atoms with Gasteiger partial charge in [0.2, 0.25) is 0 Å². The fourth-order valence-corrected chi connectivity index (χ4v) is 3.78. The first kappa shape index (κ1) is 13.8. The van der Waals surface area contributed by atoms with Crippen LogP contribution in [0, 0.1) is 0 Å². The third-order valence-electron chi connectivity index (χ3n) is 3.48. The van der Waals surface area contributed by atoms with Crippen LogP contribution in [0.1, 0.15) is 37.4 Å². The molecule has 0 bridgehead atoms. The molecule has 18 heavy (non-hydrogen) atoms. The van der Waals surface area contributed by atoms with Crippen molar-refractivity contribution in [1.29, 1.82) is 0 Å². The van der Waals surface area contributed by atoms with E-state index in [1.54, 1.807) is 7.11 Å². The fraction of sp³-hybridized carbons (Fsp3) is 0.600. The van der Waals surface area contributed by atoms with E-state index in [0.717, 1.165) is 12.3 Å². The van der Waals surface area contributed by atoms with Crippen LogP contribution in [-0.4, -0.2) is 24.7 Å². The number of benzene rings is 1. The Morgan fingerprint density at radius 1 is 1.39 bits per heavy atom. The molecule has 0 aliphatic heterocycles. The largest absolute Gasteiger partial charge is 0.497 e. The van der Waals surface area contributed by atoms with E-state index >= 15 is 0 Å². The molecule has 1 N–H and O–H groups in total. The normalized spacial score (nSPS) is 21.9. The summed E-state index contributed by atoms with van der Waals surface area (Å²) in [6.07, 6.45) is 2.36. The predicted octanol–water partition coefficient (Wildman–Crippen LogP) is 3.41. The molecule has 100 valence electrons. The molecular weight excluding hydrogens is 242 g/mol. The molecule has 1 aliphatic rings. The van der Waals surface area contributed by atoms with Crippen molar-refractivity contribution >= 4 is 11.8 Å². The molecule has 1 aliphatic carbocycles. The van der Waals surface area contributed by atoms with Crippen molar-refractivity contribution in [1.82, 2.24) is 5.32 Å². The molecule has 2 atom stereocenters. The Labute approximate surface area is 114 Å². The first-order valence-electron chi connectivity index (χ1n) is 6.82. The van der Waals surface area contributed by atoms with Crippen LogP contribution in [0.15, 0.2) is 18.2 Å². The minimum Gasteiger partial charge on any atom is -0.497 e. The molecule has 1 aromatic rings. The molecule has 2 unspecified atom stereocenters. The maximum atomic E-state index is 5.35. The van der Waals surface area contributed by atoms with Gasteiger partial charge >= 0.3 is 0 Å². The summed E-state index contributed by atoms with van der Waals surface area (Å²) >= 11 is 2.06. The van der Waals surface area contributed by atoms with Gasteiger partial charge in [0, 0.05) is 11.3 Å². The minimum atomic E-state index is 0.486. The zero-order chi connectivity index (χ0) is 13.0. The SMILES string of the molecule is CCCNC1c2cc(OC)ccc2CC1SCC. The van der Waals surface area contributed by atoms with E-state index in [1.807, 2.05) is 0 Å². The Morgan fingerprint density at radius 3 is 2.89 bits per heavy atom. The van der Waals surface area contributed by atoms with Gasteiger partial charge in [0.15, 0.2) is 0 Å². The van der Waals surface area contributed by atoms with Gasteiger partial charge in [0.25, 0.3) is 0 Å². The molecule has 2 nitrogen and oxygen atoms in total. The lowest BCUT2D eigenvalue weighted by molar-refractivity contribution is 0.413. The van der Waals surface area contributed by atoms with Crippen LogP contribution in [-0.2, 0) is 6.42 Å². The van der Waals surface area contributed by atoms with Gasteiger partial charge in [-0.2, -0.15) is 11.8 Å². The second-order valence-corrected chi connectivity index (χ2v) is 6.21. The molecule has 0 radical (unpaired) electrons. The molecule has 0 saturated heterocycles. The maximum absolute atomic E-state index is 5.35. The molecule has 3 heteroatoms. The lowest BCUT2D eigenvalue weighted by atomic mass is 10.1. The van der Waals surface area contributed by atoms with E-state index in [1.165, 1.54) is 29.7 Å². The van der Waals surface area contributed by atoms with Crippen LogP contribution in [0.25, 0.3) is 0 Å². The lowest BCUT2D eigenvalue weighted by Gasteiger charge is -2.21. The van der Waals surface area contributed by atoms with E-state index in [2.05, 4.69) is 49.1 Å². The second kappa shape index (κ2) is 6.48. The van der Waals surface area contributed by atoms with Gasteiger partial charge in [0.1, 0.15) is 5.75 Å². The number of hydrogen-bond acceptors (Lipinski definition) is 3. The monoisotopic (exact) mass is 265 g/mol. The number of nitrogens with one attached hydrogen (secondary N) is 1. The van der Waals surface area contributed by atoms with Crippen LogP contribution in [0.3, 0.4) is 0 Å². The average Bonchev–Trinajstić information content (AvgIpc) is 2.73. The highest BCUT2D eigenvalue weighted by atomic mass is 32.2. The van der Waals surface area contributed by atoms with Crippen LogP contribution in [0.5, 0.6) is 5.75 Å². The summed E-state index contributed by atoms with van der Waals surface area (Å²) in [6.45, 7) is 5.55. The van der Waals surface area contributed by atoms with E-state index in [-0.39, 0.29) is 0 Å². The molecule has 0 aromatic heterocycles. The first-order chi connectivity index (χ1) is 8.80. The van der Waals surface area contributed by atoms with Crippen LogP contribution < -0.4 is 10.1 Å². The summed E-state index contributed by atoms with van der Waals surface area (Å²) < 4.78 is 5.35. The Balaban J connectivity index is 2.22. The van der Waals surface area contributed by atoms with Gasteiger partial charge in [0.05, 0.1) is 7.11 Å². The Morgan fingerprint density at radius 2 is 2.22 bits per heavy atom. The van der Waals surface area contributed by atoms with Gasteiger partial charge in [-0.05, 0) is 48.4 Å². The van der Waals surface area contributed by atoms with Gasteiger partial charge in [-0.15, -0.1) is 0 Å². The Hall–Kier alpha value is -0.670. The number of hydrogen-bond donors (Lipinski definition) is 1. The zero-order valence-corrected chi connectivity index (χ0v) is 12.3. The Bertz CT molecular complexity index is 394. The molecular formula is C15H23NOS. The number of rotatable bonds is 6. The fourth-order valence-electron chi connectivity index (χ4n) is 2.62. The number of ether oxygens (including phenoxy) is 1. The van der Waals surface area contributed by atoms with Crippen molar-refractivity contribution in [3.63, 3.8) is 0 Å². The first-order valence-corrected chi connectivity index (χ1v) is 7.86. The number of methoxy groups -OCH3 is 1. The molecule has 0 amide bonds. The minimum absolute atomic E-state index is 0.486. The van der Waals surface area contributed by atoms with E-state index in [9.17, 15) is 0 Å². The summed E-state index contributed by atoms with van der Waals surface area (Å²) in [5.41, 5.74) is 2.92. The van der Waals surface area contributed by atoms with Crippen LogP contribution >= 0.6 is 11.8 Å². The summed E-state index contributed by atoms with van der Waals surface area (Å²) in [5.74, 6) is 2.15. The van der Waals surface area contributed by atoms with E-state index in [4.69, 9.17) is 4.74 Å². The summed E-state index contributed by atoms with van der Waals surface area (Å²) in [6, 6.07) is 7.00. The Kier molecular flexibility index (Phi) is 4.95. The quantitative estimate of drug-likeness (QED) is 0.851. The van der Waals surface area contributed by atoms with Crippen molar-refractivity contribution < 1.29 is 4.74 Å². The van der Waals surface area contributed by atoms with Gasteiger partial charge < -0.3 is 10.1 Å². The topological polar surface area (TPSA) is 21.3 Å². The standard InChI is InChI=1S/C15H23NOS/c1-4-8-16-15-13-10-12(17-3)7-6-11(13)9-14(15)18-5-2/h6-7,10,14-16H,4-5,8-9H2,1-3H3. The van der Waals surface area contributed by atoms with Crippen LogP contribution in [0.4, 0.5) is 0 Å². The number of thioether (sulfide) groups is 1. The van der Waals surface area contributed by atoms with Crippen molar-refractivity contribution in [2.45, 2.75) is 38.0 Å². The summed E-state index contributed by atoms with van der Waals surface area (Å²) in [4.78, 5) is 0. The van der Waals surface area contributed by atoms with E-state index in [0.29, 0.717) is 11.3 Å².